The van der Waals surface area contributed by atoms with Gasteiger partial charge in [-0.3, -0.25) is 4.79 Å². The smallest absolute Gasteiger partial charge is 0.336 e. The Labute approximate surface area is 193 Å². The molecule has 2 aromatic carbocycles. The van der Waals surface area contributed by atoms with Crippen LogP contribution in [0.5, 0.6) is 11.5 Å². The number of dihydropyridines is 1. The van der Waals surface area contributed by atoms with Crippen molar-refractivity contribution >= 4 is 17.4 Å². The first-order valence-corrected chi connectivity index (χ1v) is 11.0. The second-order valence-corrected chi connectivity index (χ2v) is 7.72. The Kier molecular flexibility index (Phi) is 6.36. The third-order valence-corrected chi connectivity index (χ3v) is 5.70. The largest absolute Gasteiger partial charge is 0.490 e. The van der Waals surface area contributed by atoms with E-state index in [-0.39, 0.29) is 12.4 Å². The molecule has 0 amide bonds. The van der Waals surface area contributed by atoms with Crippen molar-refractivity contribution in [2.45, 2.75) is 26.7 Å². The van der Waals surface area contributed by atoms with Crippen LogP contribution in [0.25, 0.3) is 5.70 Å². The van der Waals surface area contributed by atoms with Crippen LogP contribution in [0, 0.1) is 0 Å². The predicted molar refractivity (Wildman–Crippen MR) is 126 cm³/mol. The standard InChI is InChI=1S/C27H27NO5/c1-5-14-33-20-13-12-17(15-21(20)31-6-2)23-22(27(30)32-7-3)16(4)28-25-18-10-8-9-11-19(18)26(29)24(23)25/h5,8-13,15,23,28H,1,6-7,14H2,2-4H3/t23-/m0/s1. The molecule has 0 saturated heterocycles. The summed E-state index contributed by atoms with van der Waals surface area (Å²) < 4.78 is 16.9. The molecule has 1 aliphatic heterocycles. The molecule has 2 aliphatic rings. The molecule has 4 rings (SSSR count). The van der Waals surface area contributed by atoms with E-state index in [1.54, 1.807) is 19.1 Å². The lowest BCUT2D eigenvalue weighted by Crippen LogP contribution is -2.29. The molecule has 2 aromatic rings. The van der Waals surface area contributed by atoms with Crippen LogP contribution in [0.2, 0.25) is 0 Å². The van der Waals surface area contributed by atoms with Crippen LogP contribution in [0.1, 0.15) is 48.2 Å². The van der Waals surface area contributed by atoms with E-state index < -0.39 is 11.9 Å². The van der Waals surface area contributed by atoms with Gasteiger partial charge in [0.05, 0.1) is 24.5 Å². The number of allylic oxidation sites excluding steroid dienone is 2. The number of rotatable bonds is 8. The summed E-state index contributed by atoms with van der Waals surface area (Å²) in [6.07, 6.45) is 1.66. The molecule has 6 nitrogen and oxygen atoms in total. The highest BCUT2D eigenvalue weighted by Crippen LogP contribution is 2.48. The van der Waals surface area contributed by atoms with Crippen molar-refractivity contribution in [2.75, 3.05) is 19.8 Å². The molecule has 0 spiro atoms. The van der Waals surface area contributed by atoms with Crippen LogP contribution >= 0.6 is 0 Å². The zero-order chi connectivity index (χ0) is 23.5. The number of carbonyl (C=O) groups is 2. The Morgan fingerprint density at radius 1 is 1.06 bits per heavy atom. The lowest BCUT2D eigenvalue weighted by atomic mass is 9.79. The number of carbonyl (C=O) groups excluding carboxylic acids is 2. The maximum absolute atomic E-state index is 13.5. The molecule has 0 saturated carbocycles. The predicted octanol–water partition coefficient (Wildman–Crippen LogP) is 4.78. The van der Waals surface area contributed by atoms with Crippen molar-refractivity contribution < 1.29 is 23.8 Å². The summed E-state index contributed by atoms with van der Waals surface area (Å²) in [4.78, 5) is 26.6. The third kappa shape index (κ3) is 3.93. The summed E-state index contributed by atoms with van der Waals surface area (Å²) in [5.74, 6) is -0.0395. The van der Waals surface area contributed by atoms with Crippen LogP contribution in [0.3, 0.4) is 0 Å². The lowest BCUT2D eigenvalue weighted by molar-refractivity contribution is -0.138. The van der Waals surface area contributed by atoms with Crippen LogP contribution < -0.4 is 14.8 Å². The maximum atomic E-state index is 13.5. The fourth-order valence-electron chi connectivity index (χ4n) is 4.38. The number of ketones is 1. The minimum atomic E-state index is -0.604. The van der Waals surface area contributed by atoms with Gasteiger partial charge in [-0.2, -0.15) is 0 Å². The number of nitrogens with one attached hydrogen (secondary N) is 1. The zero-order valence-corrected chi connectivity index (χ0v) is 19.1. The Morgan fingerprint density at radius 2 is 1.82 bits per heavy atom. The average Bonchev–Trinajstić information content (AvgIpc) is 3.09. The van der Waals surface area contributed by atoms with Crippen LogP contribution in [-0.2, 0) is 9.53 Å². The van der Waals surface area contributed by atoms with E-state index >= 15 is 0 Å². The van der Waals surface area contributed by atoms with Gasteiger partial charge < -0.3 is 19.5 Å². The Morgan fingerprint density at radius 3 is 2.52 bits per heavy atom. The van der Waals surface area contributed by atoms with Gasteiger partial charge in [-0.25, -0.2) is 4.79 Å². The molecule has 170 valence electrons. The van der Waals surface area contributed by atoms with Crippen LogP contribution in [-0.4, -0.2) is 31.6 Å². The zero-order valence-electron chi connectivity index (χ0n) is 19.1. The molecule has 1 heterocycles. The van der Waals surface area contributed by atoms with Crippen molar-refractivity contribution in [3.8, 4) is 11.5 Å². The minimum absolute atomic E-state index is 0.0997. The quantitative estimate of drug-likeness (QED) is 0.466. The fourth-order valence-corrected chi connectivity index (χ4v) is 4.38. The molecule has 0 aromatic heterocycles. The number of ether oxygens (including phenoxy) is 3. The van der Waals surface area contributed by atoms with Crippen molar-refractivity contribution in [1.82, 2.24) is 5.32 Å². The number of hydrogen-bond donors (Lipinski definition) is 1. The van der Waals surface area contributed by atoms with Gasteiger partial charge in [0.25, 0.3) is 0 Å². The van der Waals surface area contributed by atoms with Crippen LogP contribution in [0.4, 0.5) is 0 Å². The van der Waals surface area contributed by atoms with E-state index in [4.69, 9.17) is 14.2 Å². The molecule has 1 atom stereocenters. The average molecular weight is 446 g/mol. The van der Waals surface area contributed by atoms with E-state index in [0.717, 1.165) is 16.8 Å². The molecular formula is C27H27NO5. The number of hydrogen-bond acceptors (Lipinski definition) is 6. The maximum Gasteiger partial charge on any atom is 0.336 e. The molecule has 0 bridgehead atoms. The summed E-state index contributed by atoms with van der Waals surface area (Å²) in [7, 11) is 0. The summed E-state index contributed by atoms with van der Waals surface area (Å²) in [6, 6.07) is 13.0. The summed E-state index contributed by atoms with van der Waals surface area (Å²) in [5.41, 5.74) is 4.55. The number of fused-ring (bicyclic) bond motifs is 2. The summed E-state index contributed by atoms with van der Waals surface area (Å²) in [6.45, 7) is 10.2. The Hall–Kier alpha value is -3.80. The van der Waals surface area contributed by atoms with E-state index in [0.29, 0.717) is 47.1 Å². The van der Waals surface area contributed by atoms with E-state index in [2.05, 4.69) is 11.9 Å². The Bertz CT molecular complexity index is 1190. The van der Waals surface area contributed by atoms with Gasteiger partial charge in [-0.05, 0) is 38.5 Å². The molecule has 1 N–H and O–H groups in total. The van der Waals surface area contributed by atoms with Crippen molar-refractivity contribution in [3.63, 3.8) is 0 Å². The van der Waals surface area contributed by atoms with E-state index in [1.807, 2.05) is 50.2 Å². The van der Waals surface area contributed by atoms with Gasteiger partial charge in [0, 0.05) is 28.3 Å². The normalized spacial score (nSPS) is 16.7. The molecular weight excluding hydrogens is 418 g/mol. The number of benzene rings is 2. The summed E-state index contributed by atoms with van der Waals surface area (Å²) in [5, 5.41) is 3.30. The van der Waals surface area contributed by atoms with Gasteiger partial charge >= 0.3 is 5.97 Å². The highest BCUT2D eigenvalue weighted by Gasteiger charge is 2.43. The van der Waals surface area contributed by atoms with Crippen LogP contribution in [0.15, 0.2) is 72.0 Å². The highest BCUT2D eigenvalue weighted by molar-refractivity contribution is 6.23. The second-order valence-electron chi connectivity index (χ2n) is 7.72. The lowest BCUT2D eigenvalue weighted by Gasteiger charge is -2.29. The van der Waals surface area contributed by atoms with Gasteiger partial charge in [0.1, 0.15) is 6.61 Å². The molecule has 6 heteroatoms. The third-order valence-electron chi connectivity index (χ3n) is 5.70. The molecule has 1 aliphatic carbocycles. The first-order chi connectivity index (χ1) is 16.0. The Balaban J connectivity index is 1.89. The first-order valence-electron chi connectivity index (χ1n) is 11.0. The first kappa shape index (κ1) is 22.4. The van der Waals surface area contributed by atoms with Gasteiger partial charge in [0.15, 0.2) is 17.3 Å². The van der Waals surface area contributed by atoms with Crippen molar-refractivity contribution in [1.29, 1.82) is 0 Å². The van der Waals surface area contributed by atoms with E-state index in [1.165, 1.54) is 0 Å². The van der Waals surface area contributed by atoms with Gasteiger partial charge in [-0.1, -0.05) is 43.0 Å². The number of Topliss-reactive ketones (excluding diaryl/α,β-unsaturated/α-hetero) is 1. The monoisotopic (exact) mass is 445 g/mol. The molecule has 0 fully saturated rings. The minimum Gasteiger partial charge on any atom is -0.490 e. The van der Waals surface area contributed by atoms with E-state index in [9.17, 15) is 9.59 Å². The van der Waals surface area contributed by atoms with Gasteiger partial charge in [0.2, 0.25) is 0 Å². The van der Waals surface area contributed by atoms with Gasteiger partial charge in [-0.15, -0.1) is 0 Å². The topological polar surface area (TPSA) is 73.9 Å². The molecule has 0 radical (unpaired) electrons. The summed E-state index contributed by atoms with van der Waals surface area (Å²) >= 11 is 0. The van der Waals surface area contributed by atoms with Crippen molar-refractivity contribution in [2.24, 2.45) is 0 Å². The second kappa shape index (κ2) is 9.36. The fraction of sp³-hybridized carbons (Fsp3) is 0.259. The molecule has 0 unspecified atom stereocenters. The SMILES string of the molecule is C=CCOc1ccc([C@H]2C(C(=O)OCC)=C(C)NC3=C2C(=O)c2ccccc23)cc1OCC. The number of esters is 1. The molecule has 33 heavy (non-hydrogen) atoms. The van der Waals surface area contributed by atoms with Crippen molar-refractivity contribution in [3.05, 3.63) is 88.7 Å². The highest BCUT2D eigenvalue weighted by atomic mass is 16.5.